The van der Waals surface area contributed by atoms with Gasteiger partial charge in [0.25, 0.3) is 11.3 Å². The summed E-state index contributed by atoms with van der Waals surface area (Å²) in [7, 11) is 0. The minimum Gasteiger partial charge on any atom is -0.309 e. The first-order valence-corrected chi connectivity index (χ1v) is 6.50. The Morgan fingerprint density at radius 1 is 1.15 bits per heavy atom. The van der Waals surface area contributed by atoms with Crippen molar-refractivity contribution < 1.29 is 0 Å². The van der Waals surface area contributed by atoms with Crippen LogP contribution in [-0.4, -0.2) is 19.6 Å². The van der Waals surface area contributed by atoms with E-state index in [2.05, 4.69) is 32.5 Å². The van der Waals surface area contributed by atoms with Crippen LogP contribution in [0.3, 0.4) is 0 Å². The Bertz CT molecular complexity index is 877. The summed E-state index contributed by atoms with van der Waals surface area (Å²) in [6.45, 7) is 3.58. The molecule has 1 aliphatic heterocycles. The molecule has 0 spiro atoms. The number of hydrogen-bond acceptors (Lipinski definition) is 4. The molecular formula is C14H13N5O. The molecule has 0 radical (unpaired) electrons. The SMILES string of the molecule is Cc1cc(=O)n2[nH]c(-c3ccc4c(c3)CNC4)nc2n1. The van der Waals surface area contributed by atoms with E-state index in [0.717, 1.165) is 18.7 Å². The number of aromatic amines is 1. The summed E-state index contributed by atoms with van der Waals surface area (Å²) >= 11 is 0. The van der Waals surface area contributed by atoms with Crippen molar-refractivity contribution in [2.75, 3.05) is 0 Å². The zero-order chi connectivity index (χ0) is 13.7. The van der Waals surface area contributed by atoms with Crippen molar-refractivity contribution in [3.8, 4) is 11.4 Å². The largest absolute Gasteiger partial charge is 0.309 e. The fraction of sp³-hybridized carbons (Fsp3) is 0.214. The van der Waals surface area contributed by atoms with Gasteiger partial charge in [0.05, 0.1) is 0 Å². The van der Waals surface area contributed by atoms with E-state index in [1.54, 1.807) is 6.92 Å². The van der Waals surface area contributed by atoms with Crippen LogP contribution in [0.1, 0.15) is 16.8 Å². The summed E-state index contributed by atoms with van der Waals surface area (Å²) in [5.41, 5.74) is 4.09. The van der Waals surface area contributed by atoms with Crippen molar-refractivity contribution in [3.63, 3.8) is 0 Å². The third-order valence-electron chi connectivity index (χ3n) is 3.57. The van der Waals surface area contributed by atoms with Gasteiger partial charge < -0.3 is 5.32 Å². The maximum absolute atomic E-state index is 11.9. The summed E-state index contributed by atoms with van der Waals surface area (Å²) in [5, 5.41) is 6.32. The Morgan fingerprint density at radius 2 is 2.00 bits per heavy atom. The molecule has 0 amide bonds. The van der Waals surface area contributed by atoms with Crippen LogP contribution < -0.4 is 10.9 Å². The number of nitrogens with zero attached hydrogens (tertiary/aromatic N) is 3. The molecule has 2 N–H and O–H groups in total. The Labute approximate surface area is 114 Å². The average molecular weight is 267 g/mol. The van der Waals surface area contributed by atoms with Gasteiger partial charge in [0.1, 0.15) is 0 Å². The van der Waals surface area contributed by atoms with E-state index in [4.69, 9.17) is 0 Å². The van der Waals surface area contributed by atoms with Gasteiger partial charge in [-0.3, -0.25) is 9.89 Å². The first-order valence-electron chi connectivity index (χ1n) is 6.50. The lowest BCUT2D eigenvalue weighted by Gasteiger charge is -2.00. The molecule has 0 atom stereocenters. The van der Waals surface area contributed by atoms with Gasteiger partial charge in [-0.25, -0.2) is 4.98 Å². The predicted octanol–water partition coefficient (Wildman–Crippen LogP) is 0.996. The molecule has 0 saturated heterocycles. The maximum atomic E-state index is 11.9. The first-order chi connectivity index (χ1) is 9.70. The molecule has 0 unspecified atom stereocenters. The second kappa shape index (κ2) is 4.01. The van der Waals surface area contributed by atoms with Crippen molar-refractivity contribution in [2.24, 2.45) is 0 Å². The average Bonchev–Trinajstić information content (AvgIpc) is 3.03. The van der Waals surface area contributed by atoms with Crippen LogP contribution in [-0.2, 0) is 13.1 Å². The van der Waals surface area contributed by atoms with Gasteiger partial charge in [-0.1, -0.05) is 12.1 Å². The molecule has 4 rings (SSSR count). The van der Waals surface area contributed by atoms with E-state index in [9.17, 15) is 4.79 Å². The third kappa shape index (κ3) is 1.65. The van der Waals surface area contributed by atoms with Crippen LogP contribution in [0, 0.1) is 6.92 Å². The van der Waals surface area contributed by atoms with Gasteiger partial charge >= 0.3 is 0 Å². The molecular weight excluding hydrogens is 254 g/mol. The molecule has 1 aromatic carbocycles. The number of hydrogen-bond donors (Lipinski definition) is 2. The van der Waals surface area contributed by atoms with Crippen molar-refractivity contribution in [2.45, 2.75) is 20.0 Å². The van der Waals surface area contributed by atoms with Crippen molar-refractivity contribution in [1.82, 2.24) is 24.9 Å². The van der Waals surface area contributed by atoms with Crippen molar-refractivity contribution in [1.29, 1.82) is 0 Å². The number of aromatic nitrogens is 4. The smallest absolute Gasteiger partial charge is 0.274 e. The Hall–Kier alpha value is -2.47. The predicted molar refractivity (Wildman–Crippen MR) is 74.3 cm³/mol. The highest BCUT2D eigenvalue weighted by molar-refractivity contribution is 5.59. The summed E-state index contributed by atoms with van der Waals surface area (Å²) in [4.78, 5) is 20.5. The Kier molecular flexibility index (Phi) is 2.28. The number of aryl methyl sites for hydroxylation is 1. The zero-order valence-corrected chi connectivity index (χ0v) is 11.0. The lowest BCUT2D eigenvalue weighted by atomic mass is 10.1. The van der Waals surface area contributed by atoms with Gasteiger partial charge in [0, 0.05) is 30.4 Å². The van der Waals surface area contributed by atoms with Crippen LogP contribution >= 0.6 is 0 Å². The highest BCUT2D eigenvalue weighted by atomic mass is 16.1. The molecule has 100 valence electrons. The minimum absolute atomic E-state index is 0.144. The topological polar surface area (TPSA) is 75.1 Å². The summed E-state index contributed by atoms with van der Waals surface area (Å²) < 4.78 is 1.37. The lowest BCUT2D eigenvalue weighted by Crippen LogP contribution is -2.14. The quantitative estimate of drug-likeness (QED) is 0.689. The van der Waals surface area contributed by atoms with Crippen molar-refractivity contribution in [3.05, 3.63) is 51.4 Å². The summed E-state index contributed by atoms with van der Waals surface area (Å²) in [6, 6.07) is 7.70. The summed E-state index contributed by atoms with van der Waals surface area (Å²) in [5.74, 6) is 1.07. The van der Waals surface area contributed by atoms with Crippen LogP contribution in [0.15, 0.2) is 29.1 Å². The molecule has 6 nitrogen and oxygen atoms in total. The van der Waals surface area contributed by atoms with Crippen LogP contribution in [0.2, 0.25) is 0 Å². The molecule has 0 saturated carbocycles. The summed E-state index contributed by atoms with van der Waals surface area (Å²) in [6.07, 6.45) is 0. The standard InChI is InChI=1S/C14H13N5O/c1-8-4-12(20)19-14(16-8)17-13(18-19)9-2-3-10-6-15-7-11(10)5-9/h2-5,15H,6-7H2,1H3,(H,16,17,18). The Morgan fingerprint density at radius 3 is 2.90 bits per heavy atom. The molecule has 3 aromatic rings. The number of H-pyrrole nitrogens is 1. The molecule has 0 aliphatic carbocycles. The van der Waals surface area contributed by atoms with Gasteiger partial charge in [0.2, 0.25) is 0 Å². The molecule has 3 heterocycles. The number of fused-ring (bicyclic) bond motifs is 2. The van der Waals surface area contributed by atoms with E-state index in [1.807, 2.05) is 6.07 Å². The van der Waals surface area contributed by atoms with Gasteiger partial charge in [-0.05, 0) is 24.1 Å². The second-order valence-electron chi connectivity index (χ2n) is 5.03. The fourth-order valence-electron chi connectivity index (χ4n) is 2.56. The van der Waals surface area contributed by atoms with E-state index < -0.39 is 0 Å². The molecule has 2 aromatic heterocycles. The number of benzene rings is 1. The van der Waals surface area contributed by atoms with Gasteiger partial charge in [-0.2, -0.15) is 9.50 Å². The Balaban J connectivity index is 1.90. The molecule has 0 fully saturated rings. The van der Waals surface area contributed by atoms with Crippen LogP contribution in [0.25, 0.3) is 17.2 Å². The third-order valence-corrected chi connectivity index (χ3v) is 3.57. The lowest BCUT2D eigenvalue weighted by molar-refractivity contribution is 0.765. The molecule has 6 heteroatoms. The van der Waals surface area contributed by atoms with E-state index in [-0.39, 0.29) is 5.56 Å². The normalized spacial score (nSPS) is 13.8. The van der Waals surface area contributed by atoms with Crippen LogP contribution in [0.4, 0.5) is 0 Å². The number of nitrogens with one attached hydrogen (secondary N) is 2. The fourth-order valence-corrected chi connectivity index (χ4v) is 2.56. The van der Waals surface area contributed by atoms with E-state index in [1.165, 1.54) is 21.7 Å². The second-order valence-corrected chi connectivity index (χ2v) is 5.03. The van der Waals surface area contributed by atoms with E-state index in [0.29, 0.717) is 17.3 Å². The monoisotopic (exact) mass is 267 g/mol. The molecule has 1 aliphatic rings. The van der Waals surface area contributed by atoms with Gasteiger partial charge in [-0.15, -0.1) is 0 Å². The minimum atomic E-state index is -0.144. The highest BCUT2D eigenvalue weighted by Crippen LogP contribution is 2.22. The molecule has 20 heavy (non-hydrogen) atoms. The highest BCUT2D eigenvalue weighted by Gasteiger charge is 2.13. The number of rotatable bonds is 1. The van der Waals surface area contributed by atoms with Crippen LogP contribution in [0.5, 0.6) is 0 Å². The van der Waals surface area contributed by atoms with E-state index >= 15 is 0 Å². The van der Waals surface area contributed by atoms with Crippen molar-refractivity contribution >= 4 is 5.78 Å². The maximum Gasteiger partial charge on any atom is 0.274 e. The van der Waals surface area contributed by atoms with Gasteiger partial charge in [0.15, 0.2) is 5.82 Å². The molecule has 0 bridgehead atoms. The zero-order valence-electron chi connectivity index (χ0n) is 11.0. The first kappa shape index (κ1) is 11.4.